The number of halogens is 1. The molecule has 0 radical (unpaired) electrons. The third-order valence-corrected chi connectivity index (χ3v) is 4.56. The van der Waals surface area contributed by atoms with Crippen LogP contribution in [0.2, 0.25) is 5.02 Å². The zero-order valence-corrected chi connectivity index (χ0v) is 12.5. The van der Waals surface area contributed by atoms with Gasteiger partial charge in [-0.3, -0.25) is 4.79 Å². The van der Waals surface area contributed by atoms with E-state index in [1.807, 2.05) is 6.07 Å². The summed E-state index contributed by atoms with van der Waals surface area (Å²) in [6.07, 6.45) is 1.64. The highest BCUT2D eigenvalue weighted by Gasteiger charge is 2.07. The van der Waals surface area contributed by atoms with Crippen molar-refractivity contribution in [2.45, 2.75) is 4.21 Å². The van der Waals surface area contributed by atoms with Crippen molar-refractivity contribution in [1.82, 2.24) is 4.98 Å². The van der Waals surface area contributed by atoms with Crippen molar-refractivity contribution in [2.24, 2.45) is 0 Å². The molecule has 0 aliphatic rings. The molecule has 1 aromatic heterocycles. The Morgan fingerprint density at radius 2 is 2.40 bits per heavy atom. The minimum absolute atomic E-state index is 0.164. The summed E-state index contributed by atoms with van der Waals surface area (Å²) >= 11 is 8.58. The standard InChI is InChI=1S/C12H9ClN4OS2/c13-9-3-8(2-1-7(9)4-14)17-10(18)6-19-11-5-16-12(15)20-11/h1-3,5H,6H2,(H2,15,16)(H,17,18). The van der Waals surface area contributed by atoms with E-state index in [9.17, 15) is 4.79 Å². The second kappa shape index (κ2) is 6.61. The molecule has 0 saturated carbocycles. The Bertz CT molecular complexity index is 680. The van der Waals surface area contributed by atoms with Crippen molar-refractivity contribution in [3.05, 3.63) is 35.0 Å². The number of nitrogens with one attached hydrogen (secondary N) is 1. The Kier molecular flexibility index (Phi) is 4.84. The van der Waals surface area contributed by atoms with Crippen LogP contribution < -0.4 is 11.1 Å². The summed E-state index contributed by atoms with van der Waals surface area (Å²) < 4.78 is 0.885. The van der Waals surface area contributed by atoms with E-state index in [1.54, 1.807) is 24.4 Å². The number of nitriles is 1. The fourth-order valence-corrected chi connectivity index (χ4v) is 3.14. The Morgan fingerprint density at radius 3 is 3.00 bits per heavy atom. The highest BCUT2D eigenvalue weighted by Crippen LogP contribution is 2.26. The SMILES string of the molecule is N#Cc1ccc(NC(=O)CSc2cnc(N)s2)cc1Cl. The third-order valence-electron chi connectivity index (χ3n) is 2.22. The van der Waals surface area contributed by atoms with Crippen molar-refractivity contribution in [2.75, 3.05) is 16.8 Å². The van der Waals surface area contributed by atoms with Gasteiger partial charge in [-0.15, -0.1) is 11.8 Å². The molecule has 0 atom stereocenters. The quantitative estimate of drug-likeness (QED) is 0.843. The Morgan fingerprint density at radius 1 is 1.60 bits per heavy atom. The molecule has 0 saturated heterocycles. The number of hydrogen-bond acceptors (Lipinski definition) is 6. The van der Waals surface area contributed by atoms with Crippen LogP contribution >= 0.6 is 34.7 Å². The average Bonchev–Trinajstić information content (AvgIpc) is 2.82. The number of rotatable bonds is 4. The van der Waals surface area contributed by atoms with E-state index in [4.69, 9.17) is 22.6 Å². The third kappa shape index (κ3) is 3.87. The fraction of sp³-hybridized carbons (Fsp3) is 0.0833. The first kappa shape index (κ1) is 14.7. The van der Waals surface area contributed by atoms with Crippen molar-refractivity contribution < 1.29 is 4.79 Å². The van der Waals surface area contributed by atoms with Crippen LogP contribution in [0, 0.1) is 11.3 Å². The Balaban J connectivity index is 1.91. The van der Waals surface area contributed by atoms with Gasteiger partial charge < -0.3 is 11.1 Å². The Labute approximate surface area is 128 Å². The first-order valence-electron chi connectivity index (χ1n) is 5.42. The van der Waals surface area contributed by atoms with E-state index < -0.39 is 0 Å². The van der Waals surface area contributed by atoms with Gasteiger partial charge >= 0.3 is 0 Å². The second-order valence-corrected chi connectivity index (χ2v) is 6.41. The van der Waals surface area contributed by atoms with Crippen LogP contribution in [0.5, 0.6) is 0 Å². The predicted octanol–water partition coefficient (Wildman–Crippen LogP) is 2.98. The molecule has 0 fully saturated rings. The molecular weight excluding hydrogens is 316 g/mol. The summed E-state index contributed by atoms with van der Waals surface area (Å²) in [4.78, 5) is 15.7. The van der Waals surface area contributed by atoms with Crippen LogP contribution in [0.15, 0.2) is 28.6 Å². The predicted molar refractivity (Wildman–Crippen MR) is 82.0 cm³/mol. The Hall–Kier alpha value is -1.75. The van der Waals surface area contributed by atoms with Crippen LogP contribution in [0.1, 0.15) is 5.56 Å². The minimum Gasteiger partial charge on any atom is -0.375 e. The number of thioether (sulfide) groups is 1. The topological polar surface area (TPSA) is 91.8 Å². The van der Waals surface area contributed by atoms with Crippen LogP contribution in [0.3, 0.4) is 0 Å². The number of nitrogens with two attached hydrogens (primary N) is 1. The van der Waals surface area contributed by atoms with E-state index in [1.165, 1.54) is 23.1 Å². The van der Waals surface area contributed by atoms with Crippen molar-refractivity contribution in [3.63, 3.8) is 0 Å². The minimum atomic E-state index is -0.164. The van der Waals surface area contributed by atoms with Gasteiger partial charge in [-0.25, -0.2) is 4.98 Å². The van der Waals surface area contributed by atoms with Crippen LogP contribution in [-0.2, 0) is 4.79 Å². The maximum Gasteiger partial charge on any atom is 0.234 e. The molecule has 2 aromatic rings. The summed E-state index contributed by atoms with van der Waals surface area (Å²) in [6.45, 7) is 0. The van der Waals surface area contributed by atoms with Gasteiger partial charge in [0.2, 0.25) is 5.91 Å². The van der Waals surface area contributed by atoms with Gasteiger partial charge in [0.1, 0.15) is 6.07 Å². The number of aromatic nitrogens is 1. The lowest BCUT2D eigenvalue weighted by atomic mass is 10.2. The zero-order chi connectivity index (χ0) is 14.5. The van der Waals surface area contributed by atoms with E-state index in [-0.39, 0.29) is 11.7 Å². The lowest BCUT2D eigenvalue weighted by Crippen LogP contribution is -2.13. The normalized spacial score (nSPS) is 10.0. The molecule has 2 rings (SSSR count). The first-order valence-corrected chi connectivity index (χ1v) is 7.60. The maximum atomic E-state index is 11.8. The van der Waals surface area contributed by atoms with Crippen molar-refractivity contribution in [3.8, 4) is 6.07 Å². The molecule has 0 spiro atoms. The van der Waals surface area contributed by atoms with Gasteiger partial charge in [-0.1, -0.05) is 22.9 Å². The fourth-order valence-electron chi connectivity index (χ4n) is 1.36. The van der Waals surface area contributed by atoms with Crippen molar-refractivity contribution in [1.29, 1.82) is 5.26 Å². The number of carbonyl (C=O) groups is 1. The summed E-state index contributed by atoms with van der Waals surface area (Å²) in [5.41, 5.74) is 6.44. The van der Waals surface area contributed by atoms with Gasteiger partial charge in [-0.2, -0.15) is 5.26 Å². The number of thiazole rings is 1. The van der Waals surface area contributed by atoms with Gasteiger partial charge in [0.05, 0.1) is 26.7 Å². The molecule has 8 heteroatoms. The molecule has 1 aromatic carbocycles. The summed E-state index contributed by atoms with van der Waals surface area (Å²) in [7, 11) is 0. The molecule has 0 aliphatic heterocycles. The number of amides is 1. The first-order chi connectivity index (χ1) is 9.58. The van der Waals surface area contributed by atoms with Crippen molar-refractivity contribution >= 4 is 51.4 Å². The summed E-state index contributed by atoms with van der Waals surface area (Å²) in [5.74, 6) is 0.0851. The number of benzene rings is 1. The number of nitrogens with zero attached hydrogens (tertiary/aromatic N) is 2. The van der Waals surface area contributed by atoms with Gasteiger partial charge in [-0.05, 0) is 18.2 Å². The van der Waals surface area contributed by atoms with Crippen LogP contribution in [0.4, 0.5) is 10.8 Å². The van der Waals surface area contributed by atoms with E-state index in [0.717, 1.165) is 4.21 Å². The second-order valence-electron chi connectivity index (χ2n) is 3.66. The number of anilines is 2. The van der Waals surface area contributed by atoms with Gasteiger partial charge in [0.25, 0.3) is 0 Å². The average molecular weight is 325 g/mol. The van der Waals surface area contributed by atoms with E-state index in [0.29, 0.717) is 21.4 Å². The summed E-state index contributed by atoms with van der Waals surface area (Å²) in [6, 6.07) is 6.71. The highest BCUT2D eigenvalue weighted by molar-refractivity contribution is 8.01. The number of hydrogen-bond donors (Lipinski definition) is 2. The smallest absolute Gasteiger partial charge is 0.234 e. The zero-order valence-electron chi connectivity index (χ0n) is 10.1. The molecule has 1 amide bonds. The molecule has 102 valence electrons. The monoisotopic (exact) mass is 324 g/mol. The highest BCUT2D eigenvalue weighted by atomic mass is 35.5. The van der Waals surface area contributed by atoms with E-state index in [2.05, 4.69) is 10.3 Å². The number of nitrogen functional groups attached to an aromatic ring is 1. The molecule has 0 unspecified atom stereocenters. The van der Waals surface area contributed by atoms with E-state index >= 15 is 0 Å². The van der Waals surface area contributed by atoms with Gasteiger partial charge in [0, 0.05) is 5.69 Å². The molecular formula is C12H9ClN4OS2. The van der Waals surface area contributed by atoms with Crippen LogP contribution in [0.25, 0.3) is 0 Å². The van der Waals surface area contributed by atoms with Crippen LogP contribution in [-0.4, -0.2) is 16.6 Å². The molecule has 1 heterocycles. The molecule has 3 N–H and O–H groups in total. The molecule has 20 heavy (non-hydrogen) atoms. The molecule has 5 nitrogen and oxygen atoms in total. The summed E-state index contributed by atoms with van der Waals surface area (Å²) in [5, 5.41) is 12.3. The molecule has 0 aliphatic carbocycles. The van der Waals surface area contributed by atoms with Gasteiger partial charge in [0.15, 0.2) is 5.13 Å². The number of carbonyl (C=O) groups excluding carboxylic acids is 1. The lowest BCUT2D eigenvalue weighted by Gasteiger charge is -2.05. The molecule has 0 bridgehead atoms. The largest absolute Gasteiger partial charge is 0.375 e. The maximum absolute atomic E-state index is 11.8. The lowest BCUT2D eigenvalue weighted by molar-refractivity contribution is -0.113.